The highest BCUT2D eigenvalue weighted by atomic mass is 32.2. The van der Waals surface area contributed by atoms with Crippen molar-refractivity contribution in [3.63, 3.8) is 0 Å². The van der Waals surface area contributed by atoms with Crippen LogP contribution in [0.15, 0.2) is 9.81 Å². The largest absolute Gasteiger partial charge is 0.349 e. The molecule has 64 valence electrons. The number of hydrogen-bond acceptors (Lipinski definition) is 3. The zero-order chi connectivity index (χ0) is 8.65. The number of allylic oxidation sites excluding steroid dienone is 2. The Bertz CT molecular complexity index is 230. The van der Waals surface area contributed by atoms with Crippen molar-refractivity contribution in [1.82, 2.24) is 0 Å². The minimum atomic E-state index is -3.90. The number of rotatable bonds is 1. The van der Waals surface area contributed by atoms with Gasteiger partial charge in [-0.25, -0.2) is 0 Å². The van der Waals surface area contributed by atoms with Crippen LogP contribution in [-0.2, 0) is 4.57 Å². The highest BCUT2D eigenvalue weighted by Crippen LogP contribution is 2.61. The zero-order valence-corrected chi connectivity index (χ0v) is 8.67. The summed E-state index contributed by atoms with van der Waals surface area (Å²) in [5.41, 5.74) is 0. The molecule has 0 aromatic rings. The maximum absolute atomic E-state index is 10.8. The summed E-state index contributed by atoms with van der Waals surface area (Å²) in [5, 5.41) is 0. The predicted octanol–water partition coefficient (Wildman–Crippen LogP) is 2.18. The van der Waals surface area contributed by atoms with E-state index in [1.165, 1.54) is 23.5 Å². The second-order valence-corrected chi connectivity index (χ2v) is 7.57. The van der Waals surface area contributed by atoms with Gasteiger partial charge >= 0.3 is 7.60 Å². The first-order valence-corrected chi connectivity index (χ1v) is 6.41. The van der Waals surface area contributed by atoms with E-state index in [4.69, 9.17) is 9.79 Å². The molecule has 11 heavy (non-hydrogen) atoms. The van der Waals surface area contributed by atoms with E-state index < -0.39 is 11.9 Å². The normalized spacial score (nSPS) is 21.5. The topological polar surface area (TPSA) is 57.5 Å². The molecule has 0 amide bonds. The Morgan fingerprint density at radius 1 is 1.27 bits per heavy atom. The fraction of sp³-hybridized carbons (Fsp3) is 0.600. The lowest BCUT2D eigenvalue weighted by atomic mass is 10.6. The van der Waals surface area contributed by atoms with Crippen LogP contribution in [0.3, 0.4) is 0 Å². The first-order chi connectivity index (χ1) is 4.91. The average Bonchev–Trinajstić information content (AvgIpc) is 2.11. The van der Waals surface area contributed by atoms with Gasteiger partial charge in [-0.05, 0) is 23.7 Å². The van der Waals surface area contributed by atoms with Crippen LogP contribution in [0.5, 0.6) is 0 Å². The van der Waals surface area contributed by atoms with Crippen LogP contribution in [0.2, 0.25) is 0 Å². The van der Waals surface area contributed by atoms with Crippen molar-refractivity contribution in [3.8, 4) is 0 Å². The second-order valence-electron chi connectivity index (χ2n) is 2.24. The van der Waals surface area contributed by atoms with E-state index in [-0.39, 0.29) is 0 Å². The molecule has 0 aromatic carbocycles. The molecule has 0 saturated heterocycles. The molecule has 0 spiro atoms. The van der Waals surface area contributed by atoms with Crippen molar-refractivity contribution in [3.05, 3.63) is 9.81 Å². The molecule has 1 aliphatic rings. The van der Waals surface area contributed by atoms with Gasteiger partial charge in [-0.2, -0.15) is 0 Å². The quantitative estimate of drug-likeness (QED) is 0.652. The fourth-order valence-electron chi connectivity index (χ4n) is 0.630. The molecule has 0 saturated carbocycles. The fourth-order valence-corrected chi connectivity index (χ4v) is 4.96. The van der Waals surface area contributed by atoms with E-state index >= 15 is 0 Å². The lowest BCUT2D eigenvalue weighted by molar-refractivity contribution is 0.377. The van der Waals surface area contributed by atoms with E-state index in [1.807, 2.05) is 13.8 Å². The first-order valence-electron chi connectivity index (χ1n) is 2.97. The molecular formula is C5H9O3PS2. The van der Waals surface area contributed by atoms with Crippen molar-refractivity contribution in [1.29, 1.82) is 0 Å². The summed E-state index contributed by atoms with van der Waals surface area (Å²) in [6, 6.07) is 0. The molecule has 0 aromatic heterocycles. The molecule has 1 rings (SSSR count). The summed E-state index contributed by atoms with van der Waals surface area (Å²) in [6.07, 6.45) is 0. The van der Waals surface area contributed by atoms with Crippen molar-refractivity contribution in [2.45, 2.75) is 18.2 Å². The maximum Gasteiger partial charge on any atom is 0.349 e. The van der Waals surface area contributed by atoms with Gasteiger partial charge in [-0.15, -0.1) is 23.5 Å². The molecule has 0 radical (unpaired) electrons. The Labute approximate surface area is 73.8 Å². The molecule has 1 heterocycles. The highest BCUT2D eigenvalue weighted by Gasteiger charge is 2.35. The van der Waals surface area contributed by atoms with Crippen LogP contribution in [-0.4, -0.2) is 14.1 Å². The predicted molar refractivity (Wildman–Crippen MR) is 49.4 cm³/mol. The van der Waals surface area contributed by atoms with E-state index in [9.17, 15) is 4.57 Å². The maximum atomic E-state index is 10.8. The summed E-state index contributed by atoms with van der Waals surface area (Å²) >= 11 is 2.52. The van der Waals surface area contributed by atoms with Gasteiger partial charge in [-0.3, -0.25) is 4.57 Å². The smallest absolute Gasteiger partial charge is 0.323 e. The van der Waals surface area contributed by atoms with E-state index in [0.29, 0.717) is 0 Å². The third-order valence-corrected chi connectivity index (χ3v) is 6.58. The number of hydrogen-bond donors (Lipinski definition) is 2. The average molecular weight is 212 g/mol. The molecule has 0 atom stereocenters. The Morgan fingerprint density at radius 3 is 1.82 bits per heavy atom. The molecule has 0 aliphatic carbocycles. The van der Waals surface area contributed by atoms with Gasteiger partial charge in [0.05, 0.1) is 0 Å². The van der Waals surface area contributed by atoms with Gasteiger partial charge < -0.3 is 9.79 Å². The van der Waals surface area contributed by atoms with Crippen LogP contribution in [0.1, 0.15) is 13.8 Å². The van der Waals surface area contributed by atoms with Gasteiger partial charge in [0.2, 0.25) is 0 Å². The van der Waals surface area contributed by atoms with Crippen LogP contribution in [0.4, 0.5) is 0 Å². The van der Waals surface area contributed by atoms with Crippen LogP contribution in [0, 0.1) is 0 Å². The van der Waals surface area contributed by atoms with Crippen LogP contribution in [0.25, 0.3) is 0 Å². The highest BCUT2D eigenvalue weighted by molar-refractivity contribution is 8.29. The van der Waals surface area contributed by atoms with Crippen molar-refractivity contribution in [2.24, 2.45) is 0 Å². The third kappa shape index (κ3) is 2.26. The summed E-state index contributed by atoms with van der Waals surface area (Å²) in [7, 11) is -3.90. The monoisotopic (exact) mass is 212 g/mol. The first kappa shape index (κ1) is 9.68. The van der Waals surface area contributed by atoms with E-state index in [0.717, 1.165) is 9.81 Å². The summed E-state index contributed by atoms with van der Waals surface area (Å²) in [5.74, 6) is 0. The lowest BCUT2D eigenvalue weighted by Gasteiger charge is -2.09. The summed E-state index contributed by atoms with van der Waals surface area (Å²) in [4.78, 5) is 19.6. The van der Waals surface area contributed by atoms with E-state index in [2.05, 4.69) is 0 Å². The standard InChI is InChI=1S/C5H9O3PS2/c1-3-4(2)11-5(10-3)9(6,7)8/h5H,1-2H3,(H2,6,7,8). The molecule has 3 nitrogen and oxygen atoms in total. The van der Waals surface area contributed by atoms with Crippen LogP contribution < -0.4 is 0 Å². The summed E-state index contributed by atoms with van der Waals surface area (Å²) < 4.78 is 10.1. The zero-order valence-electron chi connectivity index (χ0n) is 6.14. The molecule has 2 N–H and O–H groups in total. The van der Waals surface area contributed by atoms with Crippen LogP contribution >= 0.6 is 31.1 Å². The number of thioether (sulfide) groups is 2. The Hall–Kier alpha value is 0.590. The van der Waals surface area contributed by atoms with Gasteiger partial charge in [0.25, 0.3) is 0 Å². The Balaban J connectivity index is 2.69. The minimum Gasteiger partial charge on any atom is -0.323 e. The summed E-state index contributed by atoms with van der Waals surface area (Å²) in [6.45, 7) is 3.76. The van der Waals surface area contributed by atoms with Crippen molar-refractivity contribution < 1.29 is 14.4 Å². The lowest BCUT2D eigenvalue weighted by Crippen LogP contribution is -1.92. The molecular weight excluding hydrogens is 203 g/mol. The van der Waals surface area contributed by atoms with E-state index in [1.54, 1.807) is 0 Å². The molecule has 0 unspecified atom stereocenters. The Kier molecular flexibility index (Phi) is 2.77. The van der Waals surface area contributed by atoms with Gasteiger partial charge in [0.1, 0.15) is 0 Å². The third-order valence-electron chi connectivity index (χ3n) is 1.33. The Morgan fingerprint density at radius 2 is 1.64 bits per heavy atom. The molecule has 0 fully saturated rings. The molecule has 1 aliphatic heterocycles. The molecule has 0 bridgehead atoms. The second kappa shape index (κ2) is 3.15. The van der Waals surface area contributed by atoms with Gasteiger partial charge in [0.15, 0.2) is 4.32 Å². The molecule has 6 heteroatoms. The minimum absolute atomic E-state index is 0.609. The SMILES string of the molecule is CC1=C(C)SC(P(=O)(O)O)S1. The van der Waals surface area contributed by atoms with Crippen molar-refractivity contribution >= 4 is 31.1 Å². The van der Waals surface area contributed by atoms with Gasteiger partial charge in [0, 0.05) is 0 Å². The van der Waals surface area contributed by atoms with Crippen molar-refractivity contribution in [2.75, 3.05) is 0 Å². The van der Waals surface area contributed by atoms with Gasteiger partial charge in [-0.1, -0.05) is 0 Å².